The fraction of sp³-hybridized carbons (Fsp3) is 0.538. The normalized spacial score (nSPS) is 11.6. The van der Waals surface area contributed by atoms with E-state index in [0.717, 1.165) is 18.4 Å². The van der Waals surface area contributed by atoms with Gasteiger partial charge in [-0.05, 0) is 24.5 Å². The lowest BCUT2D eigenvalue weighted by molar-refractivity contribution is -0.385. The molecule has 0 saturated heterocycles. The molecule has 6 heteroatoms. The Morgan fingerprint density at radius 1 is 1.37 bits per heavy atom. The van der Waals surface area contributed by atoms with Crippen molar-refractivity contribution < 1.29 is 10.0 Å². The number of benzene rings is 1. The van der Waals surface area contributed by atoms with Crippen molar-refractivity contribution in [3.63, 3.8) is 0 Å². The summed E-state index contributed by atoms with van der Waals surface area (Å²) in [6, 6.07) is 4.86. The molecule has 19 heavy (non-hydrogen) atoms. The average molecular weight is 331 g/mol. The Hall–Kier alpha value is -0.980. The van der Waals surface area contributed by atoms with E-state index in [9.17, 15) is 15.2 Å². The summed E-state index contributed by atoms with van der Waals surface area (Å²) in [5.74, 6) is 0. The molecule has 1 rings (SSSR count). The number of nitrogens with one attached hydrogen (secondary N) is 1. The molecule has 0 aliphatic rings. The van der Waals surface area contributed by atoms with E-state index in [1.165, 1.54) is 6.07 Å². The highest BCUT2D eigenvalue weighted by atomic mass is 79.9. The molecule has 1 aromatic carbocycles. The molecule has 1 aromatic rings. The van der Waals surface area contributed by atoms with Gasteiger partial charge in [0, 0.05) is 28.7 Å². The highest BCUT2D eigenvalue weighted by molar-refractivity contribution is 9.10. The van der Waals surface area contributed by atoms with Crippen molar-refractivity contribution >= 4 is 21.6 Å². The third-order valence-corrected chi connectivity index (χ3v) is 3.93. The van der Waals surface area contributed by atoms with Crippen LogP contribution in [0.15, 0.2) is 22.7 Å². The third kappa shape index (κ3) is 4.26. The van der Waals surface area contributed by atoms with Crippen LogP contribution in [0.25, 0.3) is 0 Å². The highest BCUT2D eigenvalue weighted by Crippen LogP contribution is 2.22. The van der Waals surface area contributed by atoms with Crippen LogP contribution >= 0.6 is 15.9 Å². The molecule has 0 bridgehead atoms. The number of aliphatic hydroxyl groups excluding tert-OH is 1. The van der Waals surface area contributed by atoms with Gasteiger partial charge in [0.2, 0.25) is 0 Å². The summed E-state index contributed by atoms with van der Waals surface area (Å²) in [6.07, 6.45) is 1.60. The van der Waals surface area contributed by atoms with Gasteiger partial charge in [-0.25, -0.2) is 0 Å². The topological polar surface area (TPSA) is 75.4 Å². The molecule has 2 N–H and O–H groups in total. The van der Waals surface area contributed by atoms with Crippen molar-refractivity contribution in [3.8, 4) is 0 Å². The standard InChI is InChI=1S/C13H19BrN2O3/c1-3-13(4-2,9-17)15-8-10-5-11(14)7-12(6-10)16(18)19/h5-7,15,17H,3-4,8-9H2,1-2H3. The lowest BCUT2D eigenvalue weighted by Gasteiger charge is -2.31. The van der Waals surface area contributed by atoms with Crippen molar-refractivity contribution in [2.75, 3.05) is 6.61 Å². The van der Waals surface area contributed by atoms with Crippen molar-refractivity contribution in [1.82, 2.24) is 5.32 Å². The zero-order chi connectivity index (χ0) is 14.5. The van der Waals surface area contributed by atoms with Crippen molar-refractivity contribution in [2.45, 2.75) is 38.8 Å². The van der Waals surface area contributed by atoms with E-state index in [0.29, 0.717) is 11.0 Å². The molecule has 0 fully saturated rings. The Bertz CT molecular complexity index is 439. The molecule has 0 aromatic heterocycles. The fourth-order valence-corrected chi connectivity index (χ4v) is 2.44. The number of nitrogens with zero attached hydrogens (tertiary/aromatic N) is 1. The number of hydrogen-bond acceptors (Lipinski definition) is 4. The summed E-state index contributed by atoms with van der Waals surface area (Å²) in [7, 11) is 0. The first-order valence-corrected chi connectivity index (χ1v) is 7.05. The minimum atomic E-state index is -0.410. The first-order valence-electron chi connectivity index (χ1n) is 6.26. The first kappa shape index (κ1) is 16.1. The van der Waals surface area contributed by atoms with E-state index in [4.69, 9.17) is 0 Å². The maximum absolute atomic E-state index is 10.8. The molecule has 0 radical (unpaired) electrons. The Labute approximate surface area is 121 Å². The Balaban J connectivity index is 2.85. The molecular formula is C13H19BrN2O3. The minimum absolute atomic E-state index is 0.0517. The molecule has 0 saturated carbocycles. The highest BCUT2D eigenvalue weighted by Gasteiger charge is 2.24. The van der Waals surface area contributed by atoms with Crippen molar-refractivity contribution in [3.05, 3.63) is 38.3 Å². The molecule has 0 amide bonds. The molecule has 0 aliphatic heterocycles. The lowest BCUT2D eigenvalue weighted by atomic mass is 9.93. The number of aliphatic hydroxyl groups is 1. The third-order valence-electron chi connectivity index (χ3n) is 3.48. The number of nitro benzene ring substituents is 1. The SMILES string of the molecule is CCC(CC)(CO)NCc1cc(Br)cc([N+](=O)[O-])c1. The van der Waals surface area contributed by atoms with E-state index in [-0.39, 0.29) is 17.8 Å². The van der Waals surface area contributed by atoms with Gasteiger partial charge in [0.05, 0.1) is 11.5 Å². The lowest BCUT2D eigenvalue weighted by Crippen LogP contribution is -2.47. The Morgan fingerprint density at radius 3 is 2.47 bits per heavy atom. The summed E-state index contributed by atoms with van der Waals surface area (Å²) in [5, 5.41) is 23.6. The van der Waals surface area contributed by atoms with Crippen LogP contribution in [0.1, 0.15) is 32.3 Å². The second-order valence-corrected chi connectivity index (χ2v) is 5.49. The van der Waals surface area contributed by atoms with Gasteiger partial charge in [0.25, 0.3) is 5.69 Å². The van der Waals surface area contributed by atoms with Crippen molar-refractivity contribution in [2.24, 2.45) is 0 Å². The first-order chi connectivity index (χ1) is 8.96. The van der Waals surface area contributed by atoms with Crippen LogP contribution < -0.4 is 5.32 Å². The number of non-ortho nitro benzene ring substituents is 1. The van der Waals surface area contributed by atoms with Crippen LogP contribution in [0.2, 0.25) is 0 Å². The maximum atomic E-state index is 10.8. The number of hydrogen-bond donors (Lipinski definition) is 2. The van der Waals surface area contributed by atoms with Crippen LogP contribution in [0, 0.1) is 10.1 Å². The second kappa shape index (κ2) is 6.98. The van der Waals surface area contributed by atoms with E-state index in [1.807, 2.05) is 19.9 Å². The smallest absolute Gasteiger partial charge is 0.270 e. The van der Waals surface area contributed by atoms with Crippen LogP contribution in [-0.4, -0.2) is 22.2 Å². The van der Waals surface area contributed by atoms with Gasteiger partial charge in [0.1, 0.15) is 0 Å². The zero-order valence-corrected chi connectivity index (χ0v) is 12.7. The van der Waals surface area contributed by atoms with Crippen LogP contribution in [0.4, 0.5) is 5.69 Å². The van der Waals surface area contributed by atoms with Gasteiger partial charge >= 0.3 is 0 Å². The molecule has 0 atom stereocenters. The molecule has 0 aliphatic carbocycles. The zero-order valence-electron chi connectivity index (χ0n) is 11.1. The molecule has 0 spiro atoms. The number of nitro groups is 1. The maximum Gasteiger partial charge on any atom is 0.270 e. The molecule has 0 unspecified atom stereocenters. The average Bonchev–Trinajstić information content (AvgIpc) is 2.40. The summed E-state index contributed by atoms with van der Waals surface area (Å²) in [5.41, 5.74) is 0.562. The summed E-state index contributed by atoms with van der Waals surface area (Å²) in [6.45, 7) is 4.56. The summed E-state index contributed by atoms with van der Waals surface area (Å²) in [4.78, 5) is 10.4. The van der Waals surface area contributed by atoms with E-state index < -0.39 is 4.92 Å². The molecule has 106 valence electrons. The van der Waals surface area contributed by atoms with Crippen LogP contribution in [0.3, 0.4) is 0 Å². The van der Waals surface area contributed by atoms with Crippen molar-refractivity contribution in [1.29, 1.82) is 0 Å². The predicted molar refractivity (Wildman–Crippen MR) is 78.0 cm³/mol. The molecular weight excluding hydrogens is 312 g/mol. The van der Waals surface area contributed by atoms with E-state index in [2.05, 4.69) is 21.2 Å². The van der Waals surface area contributed by atoms with E-state index >= 15 is 0 Å². The Morgan fingerprint density at radius 2 is 2.00 bits per heavy atom. The van der Waals surface area contributed by atoms with Crippen LogP contribution in [-0.2, 0) is 6.54 Å². The monoisotopic (exact) mass is 330 g/mol. The van der Waals surface area contributed by atoms with Crippen LogP contribution in [0.5, 0.6) is 0 Å². The molecule has 5 nitrogen and oxygen atoms in total. The largest absolute Gasteiger partial charge is 0.394 e. The Kier molecular flexibility index (Phi) is 5.90. The quantitative estimate of drug-likeness (QED) is 0.595. The van der Waals surface area contributed by atoms with Gasteiger partial charge < -0.3 is 10.4 Å². The number of halogens is 1. The van der Waals surface area contributed by atoms with E-state index in [1.54, 1.807) is 6.07 Å². The van der Waals surface area contributed by atoms with Gasteiger partial charge in [-0.15, -0.1) is 0 Å². The minimum Gasteiger partial charge on any atom is -0.394 e. The van der Waals surface area contributed by atoms with Gasteiger partial charge in [0.15, 0.2) is 0 Å². The fourth-order valence-electron chi connectivity index (χ4n) is 1.91. The molecule has 0 heterocycles. The van der Waals surface area contributed by atoms with Gasteiger partial charge in [-0.1, -0.05) is 29.8 Å². The number of rotatable bonds is 7. The second-order valence-electron chi connectivity index (χ2n) is 4.57. The summed E-state index contributed by atoms with van der Waals surface area (Å²) < 4.78 is 0.682. The summed E-state index contributed by atoms with van der Waals surface area (Å²) >= 11 is 3.27. The predicted octanol–water partition coefficient (Wildman–Crippen LogP) is 3.00. The van der Waals surface area contributed by atoms with Gasteiger partial charge in [-0.2, -0.15) is 0 Å². The van der Waals surface area contributed by atoms with Gasteiger partial charge in [-0.3, -0.25) is 10.1 Å².